The Bertz CT molecular complexity index is 1660. The molecule has 0 bridgehead atoms. The number of carbonyl (C=O) groups excluding carboxylic acids is 3. The monoisotopic (exact) mass is 558 g/mol. The van der Waals surface area contributed by atoms with Gasteiger partial charge in [-0.05, 0) is 47.4 Å². The first-order chi connectivity index (χ1) is 19.1. The van der Waals surface area contributed by atoms with Crippen molar-refractivity contribution in [3.63, 3.8) is 0 Å². The first kappa shape index (κ1) is 27.1. The predicted octanol–water partition coefficient (Wildman–Crippen LogP) is 3.06. The number of halogens is 1. The number of hydrogen-bond donors (Lipinski definition) is 1. The van der Waals surface area contributed by atoms with Gasteiger partial charge >= 0.3 is 0 Å². The Hall–Kier alpha value is -4.44. The highest BCUT2D eigenvalue weighted by Crippen LogP contribution is 2.29. The van der Waals surface area contributed by atoms with Gasteiger partial charge in [-0.1, -0.05) is 37.6 Å². The lowest BCUT2D eigenvalue weighted by Crippen LogP contribution is -2.56. The first-order valence-corrected chi connectivity index (χ1v) is 13.1. The molecular weight excluding hydrogens is 532 g/mol. The molecule has 40 heavy (non-hydrogen) atoms. The second-order valence-corrected chi connectivity index (χ2v) is 11.0. The maximum atomic E-state index is 13.6. The highest BCUT2D eigenvalue weighted by molar-refractivity contribution is 6.30. The van der Waals surface area contributed by atoms with E-state index in [0.29, 0.717) is 29.2 Å². The molecule has 4 aromatic rings. The van der Waals surface area contributed by atoms with Gasteiger partial charge in [0.1, 0.15) is 17.8 Å². The second kappa shape index (κ2) is 11.0. The quantitative estimate of drug-likeness (QED) is 0.329. The number of hydrogen-bond acceptors (Lipinski definition) is 7. The van der Waals surface area contributed by atoms with Crippen molar-refractivity contribution in [1.82, 2.24) is 30.0 Å². The van der Waals surface area contributed by atoms with Crippen LogP contribution in [0.3, 0.4) is 0 Å². The van der Waals surface area contributed by atoms with Gasteiger partial charge in [0.15, 0.2) is 5.78 Å². The zero-order chi connectivity index (χ0) is 28.4. The number of benzene rings is 1. The summed E-state index contributed by atoms with van der Waals surface area (Å²) in [6.45, 7) is 5.09. The van der Waals surface area contributed by atoms with Crippen molar-refractivity contribution in [3.05, 3.63) is 98.7 Å². The third-order valence-electron chi connectivity index (χ3n) is 6.75. The van der Waals surface area contributed by atoms with Crippen LogP contribution in [-0.2, 0) is 24.3 Å². The average Bonchev–Trinajstić information content (AvgIpc) is 2.92. The molecule has 4 heterocycles. The molecule has 0 aliphatic carbocycles. The summed E-state index contributed by atoms with van der Waals surface area (Å²) in [5, 5.41) is 11.4. The number of likely N-dealkylation sites (tertiary alicyclic amines) is 1. The Labute approximate surface area is 235 Å². The number of Topliss-reactive ketones (excluding diaryl/α,β-unsaturated/α-hetero) is 1. The lowest BCUT2D eigenvalue weighted by atomic mass is 9.84. The molecular formula is C29H27ClN6O4. The van der Waals surface area contributed by atoms with Crippen molar-refractivity contribution in [1.29, 1.82) is 0 Å². The van der Waals surface area contributed by atoms with Gasteiger partial charge < -0.3 is 10.2 Å². The number of pyridine rings is 2. The summed E-state index contributed by atoms with van der Waals surface area (Å²) in [4.78, 5) is 59.3. The van der Waals surface area contributed by atoms with Gasteiger partial charge in [-0.3, -0.25) is 23.7 Å². The molecule has 0 saturated carbocycles. The average molecular weight is 559 g/mol. The number of nitrogens with zero attached hydrogens (tertiary/aromatic N) is 5. The van der Waals surface area contributed by atoms with Crippen molar-refractivity contribution in [2.75, 3.05) is 13.1 Å². The van der Waals surface area contributed by atoms with Crippen LogP contribution in [-0.4, -0.2) is 55.3 Å². The summed E-state index contributed by atoms with van der Waals surface area (Å²) in [7, 11) is 0. The zero-order valence-corrected chi connectivity index (χ0v) is 22.8. The Morgan fingerprint density at radius 2 is 1.77 bits per heavy atom. The summed E-state index contributed by atoms with van der Waals surface area (Å²) in [6, 6.07) is 13.2. The molecule has 3 aromatic heterocycles. The Morgan fingerprint density at radius 3 is 2.45 bits per heavy atom. The van der Waals surface area contributed by atoms with Crippen molar-refractivity contribution in [2.45, 2.75) is 33.4 Å². The van der Waals surface area contributed by atoms with E-state index >= 15 is 0 Å². The second-order valence-electron chi connectivity index (χ2n) is 10.6. The van der Waals surface area contributed by atoms with E-state index in [2.05, 4.69) is 34.3 Å². The minimum absolute atomic E-state index is 0.00423. The molecule has 1 aliphatic heterocycles. The maximum Gasteiger partial charge on any atom is 0.265 e. The predicted molar refractivity (Wildman–Crippen MR) is 149 cm³/mol. The van der Waals surface area contributed by atoms with Crippen LogP contribution in [0.25, 0.3) is 11.0 Å². The Kier molecular flexibility index (Phi) is 7.44. The van der Waals surface area contributed by atoms with Crippen LogP contribution in [0.5, 0.6) is 0 Å². The standard InChI is InChI=1S/C29H27ClN6O4/c1-29(2)16-35(17-29)25(38)15-36-26-22(21(9-11-31-26)24(37)12-20-4-3-10-33-34-20)13-23(28(36)40)27(39)32-14-18-5-7-19(30)8-6-18/h3-11,13H,12,14-17H2,1-2H3,(H,32,39). The number of ketones is 1. The normalized spacial score (nSPS) is 14.0. The molecule has 1 fully saturated rings. The lowest BCUT2D eigenvalue weighted by Gasteiger charge is -2.45. The fourth-order valence-corrected chi connectivity index (χ4v) is 4.91. The first-order valence-electron chi connectivity index (χ1n) is 12.7. The van der Waals surface area contributed by atoms with Crippen molar-refractivity contribution < 1.29 is 14.4 Å². The van der Waals surface area contributed by atoms with Gasteiger partial charge in [-0.25, -0.2) is 4.98 Å². The van der Waals surface area contributed by atoms with Gasteiger partial charge in [0.05, 0.1) is 12.1 Å². The fraction of sp³-hybridized carbons (Fsp3) is 0.276. The van der Waals surface area contributed by atoms with Gasteiger partial charge in [0.25, 0.3) is 11.5 Å². The van der Waals surface area contributed by atoms with E-state index in [4.69, 9.17) is 11.6 Å². The third kappa shape index (κ3) is 5.76. The maximum absolute atomic E-state index is 13.6. The molecule has 0 atom stereocenters. The van der Waals surface area contributed by atoms with Crippen LogP contribution in [0.2, 0.25) is 5.02 Å². The van der Waals surface area contributed by atoms with E-state index in [9.17, 15) is 19.2 Å². The van der Waals surface area contributed by atoms with Crippen LogP contribution in [0.1, 0.15) is 45.8 Å². The summed E-state index contributed by atoms with van der Waals surface area (Å²) in [5.74, 6) is -1.19. The number of fused-ring (bicyclic) bond motifs is 1. The molecule has 204 valence electrons. The van der Waals surface area contributed by atoms with E-state index in [1.54, 1.807) is 41.3 Å². The van der Waals surface area contributed by atoms with E-state index in [-0.39, 0.29) is 53.4 Å². The number of aromatic nitrogens is 4. The molecule has 1 saturated heterocycles. The molecule has 1 aromatic carbocycles. The van der Waals surface area contributed by atoms with Crippen molar-refractivity contribution in [3.8, 4) is 0 Å². The molecule has 0 radical (unpaired) electrons. The van der Waals surface area contributed by atoms with Crippen molar-refractivity contribution in [2.24, 2.45) is 5.41 Å². The summed E-state index contributed by atoms with van der Waals surface area (Å²) >= 11 is 5.95. The summed E-state index contributed by atoms with van der Waals surface area (Å²) in [5.41, 5.74) is 0.814. The van der Waals surface area contributed by atoms with E-state index in [0.717, 1.165) is 5.56 Å². The summed E-state index contributed by atoms with van der Waals surface area (Å²) in [6.07, 6.45) is 2.89. The van der Waals surface area contributed by atoms with E-state index < -0.39 is 11.5 Å². The van der Waals surface area contributed by atoms with Gasteiger partial charge in [0, 0.05) is 48.0 Å². The minimum atomic E-state index is -0.666. The number of amides is 2. The topological polar surface area (TPSA) is 127 Å². The highest BCUT2D eigenvalue weighted by atomic mass is 35.5. The Morgan fingerprint density at radius 1 is 1.02 bits per heavy atom. The molecule has 0 spiro atoms. The van der Waals surface area contributed by atoms with Crippen molar-refractivity contribution >= 4 is 40.2 Å². The van der Waals surface area contributed by atoms with Gasteiger partial charge in [-0.2, -0.15) is 10.2 Å². The van der Waals surface area contributed by atoms with Crippen LogP contribution < -0.4 is 10.9 Å². The van der Waals surface area contributed by atoms with Crippen LogP contribution in [0.4, 0.5) is 0 Å². The van der Waals surface area contributed by atoms with E-state index in [1.807, 2.05) is 0 Å². The number of carbonyl (C=O) groups is 3. The number of rotatable bonds is 8. The SMILES string of the molecule is CC1(C)CN(C(=O)Cn2c(=O)c(C(=O)NCc3ccc(Cl)cc3)cc3c(C(=O)Cc4cccnn4)ccnc32)C1. The molecule has 1 N–H and O–H groups in total. The van der Waals surface area contributed by atoms with E-state index in [1.165, 1.54) is 29.1 Å². The molecule has 1 aliphatic rings. The largest absolute Gasteiger partial charge is 0.348 e. The lowest BCUT2D eigenvalue weighted by molar-refractivity contribution is -0.142. The minimum Gasteiger partial charge on any atom is -0.348 e. The smallest absolute Gasteiger partial charge is 0.265 e. The molecule has 2 amide bonds. The Balaban J connectivity index is 1.53. The van der Waals surface area contributed by atoms with Crippen LogP contribution >= 0.6 is 11.6 Å². The number of nitrogens with one attached hydrogen (secondary N) is 1. The third-order valence-corrected chi connectivity index (χ3v) is 7.01. The molecule has 10 nitrogen and oxygen atoms in total. The van der Waals surface area contributed by atoms with Crippen LogP contribution in [0, 0.1) is 5.41 Å². The van der Waals surface area contributed by atoms with Gasteiger partial charge in [-0.15, -0.1) is 0 Å². The fourth-order valence-electron chi connectivity index (χ4n) is 4.79. The van der Waals surface area contributed by atoms with Crippen LogP contribution in [0.15, 0.2) is 65.7 Å². The zero-order valence-electron chi connectivity index (χ0n) is 22.1. The highest BCUT2D eigenvalue weighted by Gasteiger charge is 2.37. The molecule has 11 heteroatoms. The molecule has 0 unspecified atom stereocenters. The molecule has 5 rings (SSSR count). The van der Waals surface area contributed by atoms with Gasteiger partial charge in [0.2, 0.25) is 5.91 Å². The summed E-state index contributed by atoms with van der Waals surface area (Å²) < 4.78 is 1.18.